The summed E-state index contributed by atoms with van der Waals surface area (Å²) in [4.78, 5) is 0. The molecule has 8 heteroatoms. The molecule has 0 amide bonds. The predicted molar refractivity (Wildman–Crippen MR) is 52.0 cm³/mol. The molecule has 3 nitrogen and oxygen atoms in total. The smallest absolute Gasteiger partial charge is 0.326 e. The van der Waals surface area contributed by atoms with Crippen molar-refractivity contribution in [3.63, 3.8) is 0 Å². The Labute approximate surface area is 88.2 Å². The fourth-order valence-corrected chi connectivity index (χ4v) is 2.04. The summed E-state index contributed by atoms with van der Waals surface area (Å²) in [6.45, 7) is 5.47. The highest BCUT2D eigenvalue weighted by Gasteiger charge is 2.49. The van der Waals surface area contributed by atoms with E-state index in [1.54, 1.807) is 27.7 Å². The first-order valence-corrected chi connectivity index (χ1v) is 5.89. The molecule has 0 aliphatic rings. The molecule has 0 aromatic heterocycles. The van der Waals surface area contributed by atoms with Gasteiger partial charge in [-0.25, -0.2) is 0 Å². The van der Waals surface area contributed by atoms with Crippen LogP contribution in [0.25, 0.3) is 0 Å². The van der Waals surface area contributed by atoms with Crippen LogP contribution in [-0.2, 0) is 14.2 Å². The first-order valence-electron chi connectivity index (χ1n) is 4.48. The molecule has 0 atom stereocenters. The van der Waals surface area contributed by atoms with Crippen molar-refractivity contribution in [3.05, 3.63) is 0 Å². The lowest BCUT2D eigenvalue weighted by molar-refractivity contribution is -0.0502. The maximum absolute atomic E-state index is 12.0. The minimum Gasteiger partial charge on any atom is -0.326 e. The summed E-state index contributed by atoms with van der Waals surface area (Å²) in [5, 5.41) is 0. The summed E-state index contributed by atoms with van der Waals surface area (Å²) in [6.07, 6.45) is 0. The van der Waals surface area contributed by atoms with Gasteiger partial charge in [-0.1, -0.05) is 27.7 Å². The van der Waals surface area contributed by atoms with E-state index >= 15 is 0 Å². The Bertz CT molecular complexity index is 289. The summed E-state index contributed by atoms with van der Waals surface area (Å²) < 4.78 is 61.6. The molecule has 0 aliphatic heterocycles. The number of hydrogen-bond donors (Lipinski definition) is 0. The monoisotopic (exact) mass is 246 g/mol. The molecular weight excluding hydrogens is 232 g/mol. The highest BCUT2D eigenvalue weighted by Crippen LogP contribution is 2.30. The molecule has 0 bridgehead atoms. The zero-order valence-electron chi connectivity index (χ0n) is 9.00. The molecule has 15 heavy (non-hydrogen) atoms. The SMILES string of the molecule is CC(C)B(OS(=O)(=O)C(F)(F)F)C(C)C. The van der Waals surface area contributed by atoms with Gasteiger partial charge >= 0.3 is 22.5 Å². The third-order valence-corrected chi connectivity index (χ3v) is 2.88. The fourth-order valence-electron chi connectivity index (χ4n) is 1.19. The van der Waals surface area contributed by atoms with Gasteiger partial charge in [-0.2, -0.15) is 21.6 Å². The summed E-state index contributed by atoms with van der Waals surface area (Å²) in [7, 11) is -5.49. The second kappa shape index (κ2) is 4.73. The Balaban J connectivity index is 4.85. The van der Waals surface area contributed by atoms with Crippen molar-refractivity contribution in [3.8, 4) is 0 Å². The van der Waals surface area contributed by atoms with Crippen LogP contribution in [0.15, 0.2) is 0 Å². The normalized spacial score (nSPS) is 13.7. The molecule has 0 heterocycles. The van der Waals surface area contributed by atoms with Crippen LogP contribution in [0.1, 0.15) is 27.7 Å². The van der Waals surface area contributed by atoms with Gasteiger partial charge in [0.05, 0.1) is 0 Å². The molecule has 0 radical (unpaired) electrons. The van der Waals surface area contributed by atoms with Crippen LogP contribution in [0.4, 0.5) is 13.2 Å². The molecule has 0 aromatic rings. The van der Waals surface area contributed by atoms with Gasteiger partial charge in [0.15, 0.2) is 0 Å². The van der Waals surface area contributed by atoms with E-state index in [0.29, 0.717) is 0 Å². The third-order valence-electron chi connectivity index (χ3n) is 1.84. The molecule has 0 fully saturated rings. The highest BCUT2D eigenvalue weighted by molar-refractivity contribution is 7.88. The van der Waals surface area contributed by atoms with E-state index in [4.69, 9.17) is 0 Å². The van der Waals surface area contributed by atoms with E-state index in [9.17, 15) is 21.6 Å². The zero-order chi connectivity index (χ0) is 12.4. The zero-order valence-corrected chi connectivity index (χ0v) is 9.82. The van der Waals surface area contributed by atoms with Crippen LogP contribution in [0, 0.1) is 0 Å². The van der Waals surface area contributed by atoms with Crippen molar-refractivity contribution in [2.24, 2.45) is 0 Å². The molecular formula is C7H14BF3O3S. The minimum absolute atomic E-state index is 0.304. The molecule has 0 rings (SSSR count). The molecule has 90 valence electrons. The van der Waals surface area contributed by atoms with Gasteiger partial charge in [0.1, 0.15) is 0 Å². The van der Waals surface area contributed by atoms with Crippen molar-refractivity contribution in [1.29, 1.82) is 0 Å². The van der Waals surface area contributed by atoms with Gasteiger partial charge in [0.2, 0.25) is 0 Å². The van der Waals surface area contributed by atoms with Crippen LogP contribution in [0.2, 0.25) is 11.6 Å². The quantitative estimate of drug-likeness (QED) is 0.565. The molecule has 0 spiro atoms. The van der Waals surface area contributed by atoms with Gasteiger partial charge in [-0.15, -0.1) is 0 Å². The lowest BCUT2D eigenvalue weighted by Crippen LogP contribution is -2.35. The fraction of sp³-hybridized carbons (Fsp3) is 1.00. The molecule has 0 unspecified atom stereocenters. The van der Waals surface area contributed by atoms with Crippen LogP contribution >= 0.6 is 0 Å². The van der Waals surface area contributed by atoms with Crippen LogP contribution in [0.5, 0.6) is 0 Å². The van der Waals surface area contributed by atoms with E-state index in [1.807, 2.05) is 0 Å². The summed E-state index contributed by atoms with van der Waals surface area (Å²) >= 11 is 0. The molecule has 0 saturated heterocycles. The van der Waals surface area contributed by atoms with Gasteiger partial charge in [0.25, 0.3) is 0 Å². The largest absolute Gasteiger partial charge is 0.521 e. The first-order chi connectivity index (χ1) is 6.49. The lowest BCUT2D eigenvalue weighted by Gasteiger charge is -2.21. The van der Waals surface area contributed by atoms with Crippen molar-refractivity contribution in [1.82, 2.24) is 0 Å². The summed E-state index contributed by atoms with van der Waals surface area (Å²) in [5.41, 5.74) is -5.35. The van der Waals surface area contributed by atoms with Gasteiger partial charge in [-0.3, -0.25) is 0 Å². The Morgan fingerprint density at radius 1 is 1.07 bits per heavy atom. The molecule has 0 N–H and O–H groups in total. The topological polar surface area (TPSA) is 43.4 Å². The average Bonchev–Trinajstić information content (AvgIpc) is 1.96. The van der Waals surface area contributed by atoms with Crippen molar-refractivity contribution >= 4 is 17.0 Å². The number of halogens is 3. The van der Waals surface area contributed by atoms with E-state index < -0.39 is 22.5 Å². The minimum atomic E-state index is -5.49. The van der Waals surface area contributed by atoms with Crippen LogP contribution in [-0.4, -0.2) is 20.8 Å². The van der Waals surface area contributed by atoms with Gasteiger partial charge in [-0.05, 0) is 11.6 Å². The van der Waals surface area contributed by atoms with E-state index in [-0.39, 0.29) is 11.6 Å². The van der Waals surface area contributed by atoms with Crippen LogP contribution in [0.3, 0.4) is 0 Å². The van der Waals surface area contributed by atoms with E-state index in [1.165, 1.54) is 0 Å². The first kappa shape index (κ1) is 14.8. The van der Waals surface area contributed by atoms with Crippen molar-refractivity contribution in [2.75, 3.05) is 0 Å². The van der Waals surface area contributed by atoms with E-state index in [0.717, 1.165) is 0 Å². The summed E-state index contributed by atoms with van der Waals surface area (Å²) in [6, 6.07) is 0. The second-order valence-electron chi connectivity index (χ2n) is 3.95. The Morgan fingerprint density at radius 3 is 1.60 bits per heavy atom. The van der Waals surface area contributed by atoms with Crippen molar-refractivity contribution in [2.45, 2.75) is 44.8 Å². The maximum atomic E-state index is 12.0. The number of alkyl halides is 3. The third kappa shape index (κ3) is 4.02. The lowest BCUT2D eigenvalue weighted by atomic mass is 9.50. The second-order valence-corrected chi connectivity index (χ2v) is 5.51. The van der Waals surface area contributed by atoms with Crippen molar-refractivity contribution < 1.29 is 25.7 Å². The molecule has 0 aliphatic carbocycles. The maximum Gasteiger partial charge on any atom is 0.521 e. The Hall–Kier alpha value is -0.235. The highest BCUT2D eigenvalue weighted by atomic mass is 32.2. The number of rotatable bonds is 4. The molecule has 0 aromatic carbocycles. The Kier molecular flexibility index (Phi) is 4.66. The average molecular weight is 246 g/mol. The Morgan fingerprint density at radius 2 is 1.40 bits per heavy atom. The van der Waals surface area contributed by atoms with E-state index in [2.05, 4.69) is 4.10 Å². The molecule has 0 saturated carbocycles. The summed E-state index contributed by atoms with van der Waals surface area (Å²) in [5.74, 6) is -0.607. The van der Waals surface area contributed by atoms with Crippen LogP contribution < -0.4 is 0 Å². The number of hydrogen-bond acceptors (Lipinski definition) is 3. The van der Waals surface area contributed by atoms with Gasteiger partial charge < -0.3 is 4.10 Å². The van der Waals surface area contributed by atoms with Gasteiger partial charge in [0, 0.05) is 0 Å². The predicted octanol–water partition coefficient (Wildman–Crippen LogP) is 2.66. The standard InChI is InChI=1S/C7H14BF3O3S/c1-5(2)8(6(3)4)14-15(12,13)7(9,10)11/h5-6H,1-4H3.